The van der Waals surface area contributed by atoms with Gasteiger partial charge >= 0.3 is 5.97 Å². The molecule has 0 aromatic heterocycles. The van der Waals surface area contributed by atoms with Crippen LogP contribution in [0.2, 0.25) is 0 Å². The van der Waals surface area contributed by atoms with E-state index in [0.717, 1.165) is 30.6 Å². The average Bonchev–Trinajstić information content (AvgIpc) is 3.15. The topological polar surface area (TPSA) is 83.5 Å². The van der Waals surface area contributed by atoms with Gasteiger partial charge in [0.1, 0.15) is 6.61 Å². The molecular formula is C15H21O5S-. The number of carbonyl (C=O) groups excluding carboxylic acids is 1. The normalized spacial score (nSPS) is 46.8. The van der Waals surface area contributed by atoms with Crippen molar-refractivity contribution in [2.45, 2.75) is 32.1 Å². The highest BCUT2D eigenvalue weighted by molar-refractivity contribution is 7.85. The van der Waals surface area contributed by atoms with E-state index in [2.05, 4.69) is 0 Å². The summed E-state index contributed by atoms with van der Waals surface area (Å²) < 4.78 is 36.7. The lowest BCUT2D eigenvalue weighted by Crippen LogP contribution is -2.36. The van der Waals surface area contributed by atoms with E-state index in [1.807, 2.05) is 0 Å². The number of carbonyl (C=O) groups is 1. The van der Waals surface area contributed by atoms with Gasteiger partial charge in [-0.05, 0) is 67.6 Å². The van der Waals surface area contributed by atoms with Crippen molar-refractivity contribution in [2.24, 2.45) is 41.4 Å². The molecule has 0 radical (unpaired) electrons. The Balaban J connectivity index is 1.39. The van der Waals surface area contributed by atoms with E-state index in [0.29, 0.717) is 17.8 Å². The largest absolute Gasteiger partial charge is 0.748 e. The van der Waals surface area contributed by atoms with Gasteiger partial charge < -0.3 is 9.29 Å². The predicted molar refractivity (Wildman–Crippen MR) is 73.0 cm³/mol. The van der Waals surface area contributed by atoms with Crippen LogP contribution in [0.4, 0.5) is 0 Å². The monoisotopic (exact) mass is 313 g/mol. The van der Waals surface area contributed by atoms with Gasteiger partial charge in [-0.3, -0.25) is 4.79 Å². The van der Waals surface area contributed by atoms with Crippen LogP contribution in [-0.4, -0.2) is 31.3 Å². The summed E-state index contributed by atoms with van der Waals surface area (Å²) in [7, 11) is -4.30. The molecule has 7 unspecified atom stereocenters. The average molecular weight is 313 g/mol. The Labute approximate surface area is 125 Å². The SMILES string of the molecule is O=C(OCCS(=O)(=O)[O-])C1CC2CC1C1C3CCC(C3)C21. The van der Waals surface area contributed by atoms with Crippen molar-refractivity contribution in [1.29, 1.82) is 0 Å². The summed E-state index contributed by atoms with van der Waals surface area (Å²) in [4.78, 5) is 12.2. The van der Waals surface area contributed by atoms with Crippen molar-refractivity contribution in [3.8, 4) is 0 Å². The summed E-state index contributed by atoms with van der Waals surface area (Å²) >= 11 is 0. The van der Waals surface area contributed by atoms with Crippen molar-refractivity contribution in [1.82, 2.24) is 0 Å². The summed E-state index contributed by atoms with van der Waals surface area (Å²) in [6, 6.07) is 0. The molecule has 4 bridgehead atoms. The number of esters is 1. The molecular weight excluding hydrogens is 292 g/mol. The van der Waals surface area contributed by atoms with Gasteiger partial charge in [-0.2, -0.15) is 0 Å². The Morgan fingerprint density at radius 3 is 2.48 bits per heavy atom. The van der Waals surface area contributed by atoms with Crippen LogP contribution < -0.4 is 0 Å². The molecule has 0 aliphatic heterocycles. The van der Waals surface area contributed by atoms with Crippen molar-refractivity contribution >= 4 is 16.1 Å². The van der Waals surface area contributed by atoms with E-state index in [-0.39, 0.29) is 18.5 Å². The third kappa shape index (κ3) is 2.22. The molecule has 0 spiro atoms. The zero-order valence-corrected chi connectivity index (χ0v) is 12.8. The van der Waals surface area contributed by atoms with Crippen molar-refractivity contribution in [2.75, 3.05) is 12.4 Å². The highest BCUT2D eigenvalue weighted by atomic mass is 32.2. The summed E-state index contributed by atoms with van der Waals surface area (Å²) in [5.41, 5.74) is 0. The molecule has 6 heteroatoms. The molecule has 0 aromatic carbocycles. The third-order valence-electron chi connectivity index (χ3n) is 6.61. The van der Waals surface area contributed by atoms with Crippen LogP contribution in [0, 0.1) is 41.4 Å². The standard InChI is InChI=1S/C15H22O5S/c16-15(20-3-4-21(17,18)19)12-7-10-6-11(12)14-9-2-1-8(5-9)13(10)14/h8-14H,1-7H2,(H,17,18,19)/p-1. The molecule has 0 N–H and O–H groups in total. The maximum Gasteiger partial charge on any atom is 0.309 e. The molecule has 4 aliphatic carbocycles. The number of ether oxygens (including phenoxy) is 1. The molecule has 0 saturated heterocycles. The molecule has 21 heavy (non-hydrogen) atoms. The van der Waals surface area contributed by atoms with Crippen LogP contribution in [0.15, 0.2) is 0 Å². The number of hydrogen-bond donors (Lipinski definition) is 0. The molecule has 4 fully saturated rings. The number of hydrogen-bond acceptors (Lipinski definition) is 5. The van der Waals surface area contributed by atoms with E-state index in [1.165, 1.54) is 19.3 Å². The van der Waals surface area contributed by atoms with E-state index in [4.69, 9.17) is 4.74 Å². The molecule has 118 valence electrons. The Morgan fingerprint density at radius 2 is 1.76 bits per heavy atom. The number of rotatable bonds is 4. The lowest BCUT2D eigenvalue weighted by atomic mass is 9.67. The lowest BCUT2D eigenvalue weighted by molar-refractivity contribution is -0.151. The fourth-order valence-electron chi connectivity index (χ4n) is 6.19. The minimum absolute atomic E-state index is 0.0510. The van der Waals surface area contributed by atoms with Crippen molar-refractivity contribution in [3.05, 3.63) is 0 Å². The van der Waals surface area contributed by atoms with E-state index in [1.54, 1.807) is 0 Å². The summed E-state index contributed by atoms with van der Waals surface area (Å²) in [6.45, 7) is -0.293. The predicted octanol–water partition coefficient (Wildman–Crippen LogP) is 1.39. The summed E-state index contributed by atoms with van der Waals surface area (Å²) in [5, 5.41) is 0. The highest BCUT2D eigenvalue weighted by Crippen LogP contribution is 2.68. The molecule has 4 aliphatic rings. The van der Waals surface area contributed by atoms with Crippen LogP contribution in [0.3, 0.4) is 0 Å². The number of fused-ring (bicyclic) bond motifs is 9. The third-order valence-corrected chi connectivity index (χ3v) is 7.28. The van der Waals surface area contributed by atoms with Crippen LogP contribution in [0.1, 0.15) is 32.1 Å². The first-order valence-electron chi connectivity index (χ1n) is 8.04. The summed E-state index contributed by atoms with van der Waals surface area (Å²) in [6.07, 6.45) is 6.13. The zero-order chi connectivity index (χ0) is 14.8. The van der Waals surface area contributed by atoms with Crippen LogP contribution in [-0.2, 0) is 19.6 Å². The quantitative estimate of drug-likeness (QED) is 0.445. The molecule has 4 saturated carbocycles. The van der Waals surface area contributed by atoms with Gasteiger partial charge in [0, 0.05) is 0 Å². The second kappa shape index (κ2) is 4.69. The van der Waals surface area contributed by atoms with Gasteiger partial charge in [0.25, 0.3) is 0 Å². The molecule has 4 rings (SSSR count). The fourth-order valence-corrected chi connectivity index (χ4v) is 6.48. The van der Waals surface area contributed by atoms with Gasteiger partial charge in [-0.25, -0.2) is 8.42 Å². The maximum atomic E-state index is 12.2. The molecule has 7 atom stereocenters. The Morgan fingerprint density at radius 1 is 1.05 bits per heavy atom. The van der Waals surface area contributed by atoms with E-state index in [9.17, 15) is 17.8 Å². The molecule has 0 amide bonds. The second-order valence-corrected chi connectivity index (χ2v) is 8.94. The highest BCUT2D eigenvalue weighted by Gasteiger charge is 2.63. The van der Waals surface area contributed by atoms with Crippen LogP contribution in [0.5, 0.6) is 0 Å². The second-order valence-electron chi connectivity index (χ2n) is 7.42. The maximum absolute atomic E-state index is 12.2. The van der Waals surface area contributed by atoms with E-state index < -0.39 is 15.9 Å². The zero-order valence-electron chi connectivity index (χ0n) is 11.9. The molecule has 0 aromatic rings. The van der Waals surface area contributed by atoms with Crippen LogP contribution in [0.25, 0.3) is 0 Å². The Bertz CT molecular complexity index is 556. The first-order chi connectivity index (χ1) is 9.94. The lowest BCUT2D eigenvalue weighted by Gasteiger charge is -2.37. The van der Waals surface area contributed by atoms with Gasteiger partial charge in [0.05, 0.1) is 21.8 Å². The van der Waals surface area contributed by atoms with Gasteiger partial charge in [-0.1, -0.05) is 0 Å². The fraction of sp³-hybridized carbons (Fsp3) is 0.933. The first kappa shape index (κ1) is 14.0. The van der Waals surface area contributed by atoms with Gasteiger partial charge in [0.15, 0.2) is 0 Å². The summed E-state index contributed by atoms with van der Waals surface area (Å²) in [5.74, 6) is 3.46. The first-order valence-corrected chi connectivity index (χ1v) is 9.62. The minimum atomic E-state index is -4.30. The van der Waals surface area contributed by atoms with Crippen molar-refractivity contribution in [3.63, 3.8) is 0 Å². The van der Waals surface area contributed by atoms with Gasteiger partial charge in [-0.15, -0.1) is 0 Å². The van der Waals surface area contributed by atoms with Crippen LogP contribution >= 0.6 is 0 Å². The Kier molecular flexibility index (Phi) is 3.12. The minimum Gasteiger partial charge on any atom is -0.748 e. The Hall–Kier alpha value is -0.620. The smallest absolute Gasteiger partial charge is 0.309 e. The molecule has 0 heterocycles. The van der Waals surface area contributed by atoms with E-state index >= 15 is 0 Å². The molecule has 5 nitrogen and oxygen atoms in total. The van der Waals surface area contributed by atoms with Gasteiger partial charge in [0.2, 0.25) is 0 Å². The van der Waals surface area contributed by atoms with Crippen molar-refractivity contribution < 1.29 is 22.5 Å².